The zero-order valence-corrected chi connectivity index (χ0v) is 14.9. The average molecular weight is 355 g/mol. The van der Waals surface area contributed by atoms with Crippen molar-refractivity contribution in [2.45, 2.75) is 33.9 Å². The number of nitrogens with zero attached hydrogens (tertiary/aromatic N) is 1. The number of carbonyl (C=O) groups is 1. The summed E-state index contributed by atoms with van der Waals surface area (Å²) in [5, 5.41) is 3.76. The van der Waals surface area contributed by atoms with E-state index in [1.165, 1.54) is 10.6 Å². The van der Waals surface area contributed by atoms with Gasteiger partial charge in [0.05, 0.1) is 0 Å². The Labute approximate surface area is 146 Å². The summed E-state index contributed by atoms with van der Waals surface area (Å²) in [4.78, 5) is 23.7. The first-order valence-corrected chi connectivity index (χ1v) is 8.19. The third kappa shape index (κ3) is 5.41. The van der Waals surface area contributed by atoms with E-state index in [2.05, 4.69) is 5.32 Å². The van der Waals surface area contributed by atoms with Crippen molar-refractivity contribution in [1.29, 1.82) is 0 Å². The Morgan fingerprint density at radius 2 is 1.87 bits per heavy atom. The van der Waals surface area contributed by atoms with Crippen LogP contribution < -0.4 is 10.9 Å². The summed E-state index contributed by atoms with van der Waals surface area (Å²) in [5.74, 6) is -0.318. The summed E-state index contributed by atoms with van der Waals surface area (Å²) in [5.41, 5.74) is 0.890. The predicted molar refractivity (Wildman–Crippen MR) is 95.4 cm³/mol. The minimum Gasteiger partial charge on any atom is -0.348 e. The predicted octanol–water partition coefficient (Wildman–Crippen LogP) is 4.13. The van der Waals surface area contributed by atoms with Gasteiger partial charge in [-0.15, -0.1) is 0 Å². The molecule has 0 saturated carbocycles. The quantitative estimate of drug-likeness (QED) is 0.897. The monoisotopic (exact) mass is 354 g/mol. The van der Waals surface area contributed by atoms with Gasteiger partial charge in [0.15, 0.2) is 0 Å². The van der Waals surface area contributed by atoms with E-state index in [-0.39, 0.29) is 18.0 Å². The molecule has 0 saturated heterocycles. The van der Waals surface area contributed by atoms with Crippen molar-refractivity contribution in [2.24, 2.45) is 0 Å². The van der Waals surface area contributed by atoms with Gasteiger partial charge < -0.3 is 9.88 Å². The van der Waals surface area contributed by atoms with Crippen LogP contribution in [-0.4, -0.2) is 10.5 Å². The standard InChI is InChI=1S/C15H14Cl2N2O2.C2H6/c1-2-19-6-5-10(7-14(19)20)15(21)18-9-11-3-4-12(16)8-13(11)17;1-2/h3-8H,2,9H2,1H3,(H,18,21);1-2H3. The largest absolute Gasteiger partial charge is 0.348 e. The van der Waals surface area contributed by atoms with E-state index in [1.54, 1.807) is 30.5 Å². The zero-order valence-electron chi connectivity index (χ0n) is 13.4. The summed E-state index contributed by atoms with van der Waals surface area (Å²) in [6.07, 6.45) is 1.60. The second kappa shape index (κ2) is 9.38. The molecule has 2 aromatic rings. The molecule has 2 rings (SSSR count). The van der Waals surface area contributed by atoms with Crippen LogP contribution in [0.1, 0.15) is 36.7 Å². The molecule has 23 heavy (non-hydrogen) atoms. The lowest BCUT2D eigenvalue weighted by atomic mass is 10.2. The number of hydrogen-bond acceptors (Lipinski definition) is 2. The summed E-state index contributed by atoms with van der Waals surface area (Å²) in [6.45, 7) is 6.70. The van der Waals surface area contributed by atoms with Crippen molar-refractivity contribution in [2.75, 3.05) is 0 Å². The van der Waals surface area contributed by atoms with Crippen LogP contribution in [0.15, 0.2) is 41.3 Å². The maximum atomic E-state index is 12.0. The summed E-state index contributed by atoms with van der Waals surface area (Å²) in [6, 6.07) is 8.01. The third-order valence-electron chi connectivity index (χ3n) is 3.05. The highest BCUT2D eigenvalue weighted by Crippen LogP contribution is 2.20. The number of rotatable bonds is 4. The first kappa shape index (κ1) is 19.3. The van der Waals surface area contributed by atoms with Gasteiger partial charge in [0, 0.05) is 41.0 Å². The molecule has 0 aliphatic rings. The Morgan fingerprint density at radius 1 is 1.17 bits per heavy atom. The molecule has 6 heteroatoms. The highest BCUT2D eigenvalue weighted by molar-refractivity contribution is 6.35. The molecule has 0 aliphatic carbocycles. The van der Waals surface area contributed by atoms with Crippen molar-refractivity contribution < 1.29 is 4.79 Å². The van der Waals surface area contributed by atoms with Crippen LogP contribution in [0.2, 0.25) is 10.0 Å². The Kier molecular flexibility index (Phi) is 7.86. The fraction of sp³-hybridized carbons (Fsp3) is 0.294. The molecule has 0 atom stereocenters. The summed E-state index contributed by atoms with van der Waals surface area (Å²) >= 11 is 11.8. The number of aromatic nitrogens is 1. The third-order valence-corrected chi connectivity index (χ3v) is 3.64. The van der Waals surface area contributed by atoms with Gasteiger partial charge in [0.25, 0.3) is 11.5 Å². The average Bonchev–Trinajstić information content (AvgIpc) is 2.55. The Morgan fingerprint density at radius 3 is 2.43 bits per heavy atom. The van der Waals surface area contributed by atoms with Crippen molar-refractivity contribution >= 4 is 29.1 Å². The first-order valence-electron chi connectivity index (χ1n) is 7.44. The van der Waals surface area contributed by atoms with Gasteiger partial charge in [-0.3, -0.25) is 9.59 Å². The van der Waals surface area contributed by atoms with Crippen LogP contribution in [0.25, 0.3) is 0 Å². The van der Waals surface area contributed by atoms with Crippen molar-refractivity contribution in [3.8, 4) is 0 Å². The highest BCUT2D eigenvalue weighted by atomic mass is 35.5. The number of nitrogens with one attached hydrogen (secondary N) is 1. The first-order chi connectivity index (χ1) is 11.0. The molecule has 4 nitrogen and oxygen atoms in total. The number of aryl methyl sites for hydroxylation is 1. The van der Waals surface area contributed by atoms with E-state index in [4.69, 9.17) is 23.2 Å². The summed E-state index contributed by atoms with van der Waals surface area (Å²) < 4.78 is 1.52. The van der Waals surface area contributed by atoms with Crippen molar-refractivity contribution in [3.63, 3.8) is 0 Å². The number of hydrogen-bond donors (Lipinski definition) is 1. The molecule has 1 amide bonds. The van der Waals surface area contributed by atoms with Gasteiger partial charge in [-0.1, -0.05) is 43.1 Å². The van der Waals surface area contributed by atoms with Gasteiger partial charge in [0.1, 0.15) is 0 Å². The molecule has 1 heterocycles. The molecule has 1 aromatic heterocycles. The lowest BCUT2D eigenvalue weighted by molar-refractivity contribution is 0.0950. The fourth-order valence-electron chi connectivity index (χ4n) is 1.85. The highest BCUT2D eigenvalue weighted by Gasteiger charge is 2.08. The molecule has 0 fully saturated rings. The molecule has 0 radical (unpaired) electrons. The van der Waals surface area contributed by atoms with Gasteiger partial charge in [-0.05, 0) is 30.7 Å². The maximum Gasteiger partial charge on any atom is 0.251 e. The second-order valence-corrected chi connectivity index (χ2v) is 5.30. The minimum atomic E-state index is -0.318. The lowest BCUT2D eigenvalue weighted by Gasteiger charge is -2.08. The van der Waals surface area contributed by atoms with Crippen LogP contribution in [0.4, 0.5) is 0 Å². The number of amides is 1. The normalized spacial score (nSPS) is 9.78. The number of carbonyl (C=O) groups excluding carboxylic acids is 1. The molecule has 0 bridgehead atoms. The lowest BCUT2D eigenvalue weighted by Crippen LogP contribution is -2.26. The Balaban J connectivity index is 0.00000127. The zero-order chi connectivity index (χ0) is 17.4. The van der Waals surface area contributed by atoms with E-state index in [9.17, 15) is 9.59 Å². The van der Waals surface area contributed by atoms with Crippen LogP contribution in [0.5, 0.6) is 0 Å². The van der Waals surface area contributed by atoms with Gasteiger partial charge in [-0.2, -0.15) is 0 Å². The van der Waals surface area contributed by atoms with E-state index < -0.39 is 0 Å². The molecule has 0 spiro atoms. The van der Waals surface area contributed by atoms with Crippen molar-refractivity contribution in [1.82, 2.24) is 9.88 Å². The second-order valence-electron chi connectivity index (χ2n) is 4.46. The van der Waals surface area contributed by atoms with Gasteiger partial charge >= 0.3 is 0 Å². The molecule has 1 N–H and O–H groups in total. The van der Waals surface area contributed by atoms with E-state index in [1.807, 2.05) is 20.8 Å². The molecular weight excluding hydrogens is 335 g/mol. The number of halogens is 2. The fourth-order valence-corrected chi connectivity index (χ4v) is 2.33. The van der Waals surface area contributed by atoms with E-state index >= 15 is 0 Å². The molecule has 0 unspecified atom stereocenters. The van der Waals surface area contributed by atoms with Crippen LogP contribution in [0.3, 0.4) is 0 Å². The van der Waals surface area contributed by atoms with E-state index in [0.717, 1.165) is 5.56 Å². The molecule has 124 valence electrons. The maximum absolute atomic E-state index is 12.0. The Hall–Kier alpha value is -1.78. The van der Waals surface area contributed by atoms with Crippen LogP contribution in [0, 0.1) is 0 Å². The van der Waals surface area contributed by atoms with Crippen LogP contribution >= 0.6 is 23.2 Å². The van der Waals surface area contributed by atoms with Crippen LogP contribution in [-0.2, 0) is 13.1 Å². The number of pyridine rings is 1. The Bertz CT molecular complexity index is 727. The van der Waals surface area contributed by atoms with Gasteiger partial charge in [0.2, 0.25) is 0 Å². The minimum absolute atomic E-state index is 0.199. The van der Waals surface area contributed by atoms with Crippen molar-refractivity contribution in [3.05, 3.63) is 68.1 Å². The SMILES string of the molecule is CC.CCn1ccc(C(=O)NCc2ccc(Cl)cc2Cl)cc1=O. The number of benzene rings is 1. The topological polar surface area (TPSA) is 51.1 Å². The molecular formula is C17H20Cl2N2O2. The van der Waals surface area contributed by atoms with Gasteiger partial charge in [-0.25, -0.2) is 0 Å². The molecule has 1 aromatic carbocycles. The van der Waals surface area contributed by atoms with E-state index in [0.29, 0.717) is 22.2 Å². The summed E-state index contributed by atoms with van der Waals surface area (Å²) in [7, 11) is 0. The smallest absolute Gasteiger partial charge is 0.251 e. The molecule has 0 aliphatic heterocycles.